The summed E-state index contributed by atoms with van der Waals surface area (Å²) in [6.45, 7) is 5.17. The molecular weight excluding hydrogens is 420 g/mol. The van der Waals surface area contributed by atoms with E-state index in [1.54, 1.807) is 6.20 Å². The van der Waals surface area contributed by atoms with Crippen molar-refractivity contribution in [3.8, 4) is 22.8 Å². The van der Waals surface area contributed by atoms with E-state index in [4.69, 9.17) is 9.84 Å². The minimum atomic E-state index is -1.16. The highest BCUT2D eigenvalue weighted by molar-refractivity contribution is 7.92. The minimum Gasteiger partial charge on any atom is -0.593 e. The molecule has 0 saturated carbocycles. The average Bonchev–Trinajstić information content (AvgIpc) is 3.24. The maximum Gasteiger partial charge on any atom is 0.131 e. The van der Waals surface area contributed by atoms with Gasteiger partial charge in [-0.1, -0.05) is 18.2 Å². The van der Waals surface area contributed by atoms with Crippen molar-refractivity contribution in [3.63, 3.8) is 0 Å². The molecule has 3 heterocycles. The van der Waals surface area contributed by atoms with Gasteiger partial charge in [-0.2, -0.15) is 5.10 Å². The van der Waals surface area contributed by atoms with Crippen LogP contribution < -0.4 is 4.74 Å². The fourth-order valence-corrected chi connectivity index (χ4v) is 5.01. The van der Waals surface area contributed by atoms with Crippen molar-refractivity contribution in [1.29, 1.82) is 0 Å². The Hall–Kier alpha value is -3.13. The average molecular weight is 445 g/mol. The number of fused-ring (bicyclic) bond motifs is 1. The number of hydrogen-bond donors (Lipinski definition) is 0. The van der Waals surface area contributed by atoms with E-state index in [1.807, 2.05) is 71.2 Å². The largest absolute Gasteiger partial charge is 0.593 e. The third-order valence-corrected chi connectivity index (χ3v) is 6.84. The molecule has 0 N–H and O–H groups in total. The van der Waals surface area contributed by atoms with Crippen LogP contribution in [0, 0.1) is 0 Å². The molecule has 5 rings (SSSR count). The molecule has 32 heavy (non-hydrogen) atoms. The van der Waals surface area contributed by atoms with Crippen LogP contribution >= 0.6 is 0 Å². The molecule has 1 fully saturated rings. The number of pyridine rings is 1. The second-order valence-electron chi connectivity index (χ2n) is 7.75. The van der Waals surface area contributed by atoms with Gasteiger partial charge < -0.3 is 9.29 Å². The number of para-hydroxylation sites is 1. The molecule has 1 aliphatic heterocycles. The molecule has 2 aromatic heterocycles. The molecule has 6 nitrogen and oxygen atoms in total. The molecule has 1 aliphatic rings. The van der Waals surface area contributed by atoms with Crippen molar-refractivity contribution >= 4 is 22.3 Å². The summed E-state index contributed by atoms with van der Waals surface area (Å²) < 4.78 is 22.2. The van der Waals surface area contributed by atoms with Crippen molar-refractivity contribution in [2.75, 3.05) is 13.1 Å². The van der Waals surface area contributed by atoms with Gasteiger partial charge in [-0.15, -0.1) is 4.31 Å². The van der Waals surface area contributed by atoms with Gasteiger partial charge in [0.15, 0.2) is 0 Å². The molecule has 2 aromatic carbocycles. The number of aromatic nitrogens is 3. The van der Waals surface area contributed by atoms with E-state index in [9.17, 15) is 4.55 Å². The number of benzene rings is 2. The molecule has 1 saturated heterocycles. The van der Waals surface area contributed by atoms with Crippen LogP contribution in [0.1, 0.15) is 18.9 Å². The van der Waals surface area contributed by atoms with Crippen LogP contribution in [0.5, 0.6) is 11.5 Å². The van der Waals surface area contributed by atoms with Crippen LogP contribution in [0.25, 0.3) is 22.2 Å². The highest BCUT2D eigenvalue weighted by atomic mass is 32.2. The lowest BCUT2D eigenvalue weighted by Gasteiger charge is -2.31. The van der Waals surface area contributed by atoms with Crippen LogP contribution in [-0.2, 0) is 11.4 Å². The fraction of sp³-hybridized carbons (Fsp3) is 0.200. The molecule has 0 spiro atoms. The summed E-state index contributed by atoms with van der Waals surface area (Å²) >= 11 is -1.16. The Bertz CT molecular complexity index is 1210. The summed E-state index contributed by atoms with van der Waals surface area (Å²) in [4.78, 5) is 4.34. The monoisotopic (exact) mass is 444 g/mol. The van der Waals surface area contributed by atoms with Crippen LogP contribution in [0.3, 0.4) is 0 Å². The molecule has 0 amide bonds. The molecule has 2 atom stereocenters. The summed E-state index contributed by atoms with van der Waals surface area (Å²) in [6, 6.07) is 19.8. The molecule has 0 radical (unpaired) electrons. The Balaban J connectivity index is 1.46. The first kappa shape index (κ1) is 20.8. The first-order valence-electron chi connectivity index (χ1n) is 10.7. The van der Waals surface area contributed by atoms with E-state index in [-0.39, 0.29) is 6.04 Å². The molecule has 0 aliphatic carbocycles. The van der Waals surface area contributed by atoms with Gasteiger partial charge >= 0.3 is 0 Å². The summed E-state index contributed by atoms with van der Waals surface area (Å²) in [5.74, 6) is 1.58. The Kier molecular flexibility index (Phi) is 5.94. The summed E-state index contributed by atoms with van der Waals surface area (Å²) in [6.07, 6.45) is 5.62. The van der Waals surface area contributed by atoms with Gasteiger partial charge in [0.25, 0.3) is 0 Å². The second kappa shape index (κ2) is 9.16. The maximum absolute atomic E-state index is 12.3. The van der Waals surface area contributed by atoms with Crippen LogP contribution in [-0.4, -0.2) is 36.7 Å². The zero-order chi connectivity index (χ0) is 21.9. The second-order valence-corrected chi connectivity index (χ2v) is 9.15. The summed E-state index contributed by atoms with van der Waals surface area (Å²) in [5, 5.41) is 7.50. The molecule has 0 bridgehead atoms. The number of ether oxygens (including phenoxy) is 1. The predicted molar refractivity (Wildman–Crippen MR) is 128 cm³/mol. The highest BCUT2D eigenvalue weighted by Gasteiger charge is 2.29. The van der Waals surface area contributed by atoms with Crippen molar-refractivity contribution in [2.24, 2.45) is 0 Å². The van der Waals surface area contributed by atoms with E-state index in [0.717, 1.165) is 53.0 Å². The molecule has 7 heteroatoms. The van der Waals surface area contributed by atoms with Crippen molar-refractivity contribution in [1.82, 2.24) is 19.1 Å². The molecule has 4 aromatic rings. The van der Waals surface area contributed by atoms with Gasteiger partial charge in [0.05, 0.1) is 29.5 Å². The topological polar surface area (TPSA) is 66.2 Å². The number of hydrogen-bond acceptors (Lipinski definition) is 5. The van der Waals surface area contributed by atoms with Gasteiger partial charge in [-0.3, -0.25) is 9.67 Å². The van der Waals surface area contributed by atoms with E-state index >= 15 is 0 Å². The van der Waals surface area contributed by atoms with Crippen molar-refractivity contribution in [3.05, 3.63) is 85.0 Å². The van der Waals surface area contributed by atoms with E-state index in [2.05, 4.69) is 16.2 Å². The van der Waals surface area contributed by atoms with Gasteiger partial charge in [0.1, 0.15) is 22.6 Å². The standard InChI is InChI=1S/C25H24N4O2S/c1-2-32(30)28-16-6-7-20(18-28)29-24-14-15-26-17-23(24)25(27-29)19-10-12-22(13-11-19)31-21-8-4-3-5-9-21/h2-5,8-15,17,20H,1,6-7,16,18H2. The van der Waals surface area contributed by atoms with Crippen molar-refractivity contribution < 1.29 is 9.29 Å². The zero-order valence-corrected chi connectivity index (χ0v) is 18.4. The van der Waals surface area contributed by atoms with Gasteiger partial charge in [-0.05, 0) is 61.9 Å². The minimum absolute atomic E-state index is 0.145. The fourth-order valence-electron chi connectivity index (χ4n) is 4.17. The predicted octanol–water partition coefficient (Wildman–Crippen LogP) is 5.33. The number of piperidine rings is 1. The third kappa shape index (κ3) is 4.14. The number of rotatable bonds is 6. The Morgan fingerprint density at radius 3 is 2.62 bits per heavy atom. The van der Waals surface area contributed by atoms with Crippen LogP contribution in [0.2, 0.25) is 0 Å². The third-order valence-electron chi connectivity index (χ3n) is 5.72. The highest BCUT2D eigenvalue weighted by Crippen LogP contribution is 2.33. The quantitative estimate of drug-likeness (QED) is 0.376. The lowest BCUT2D eigenvalue weighted by Crippen LogP contribution is -2.39. The number of nitrogens with zero attached hydrogens (tertiary/aromatic N) is 4. The lowest BCUT2D eigenvalue weighted by molar-refractivity contribution is 0.260. The smallest absolute Gasteiger partial charge is 0.131 e. The SMILES string of the molecule is C=C[S+]([O-])N1CCCC(n2nc(-c3ccc(Oc4ccccc4)cc3)c3cnccc32)C1. The summed E-state index contributed by atoms with van der Waals surface area (Å²) in [5.41, 5.74) is 2.93. The van der Waals surface area contributed by atoms with Crippen LogP contribution in [0.15, 0.2) is 85.0 Å². The Morgan fingerprint density at radius 1 is 1.06 bits per heavy atom. The van der Waals surface area contributed by atoms with Crippen LogP contribution in [0.4, 0.5) is 0 Å². The Morgan fingerprint density at radius 2 is 1.84 bits per heavy atom. The van der Waals surface area contributed by atoms with E-state index < -0.39 is 11.4 Å². The molecule has 2 unspecified atom stereocenters. The van der Waals surface area contributed by atoms with E-state index in [0.29, 0.717) is 6.54 Å². The normalized spacial score (nSPS) is 17.8. The van der Waals surface area contributed by atoms with Gasteiger partial charge in [-0.25, -0.2) is 0 Å². The molecule has 162 valence electrons. The maximum atomic E-state index is 12.3. The summed E-state index contributed by atoms with van der Waals surface area (Å²) in [7, 11) is 0. The Labute approximate surface area is 190 Å². The molecular formula is C25H24N4O2S. The van der Waals surface area contributed by atoms with Crippen molar-refractivity contribution in [2.45, 2.75) is 18.9 Å². The first-order chi connectivity index (χ1) is 15.7. The van der Waals surface area contributed by atoms with Gasteiger partial charge in [0, 0.05) is 29.9 Å². The van der Waals surface area contributed by atoms with Gasteiger partial charge in [0.2, 0.25) is 0 Å². The first-order valence-corrected chi connectivity index (χ1v) is 11.8. The zero-order valence-electron chi connectivity index (χ0n) is 17.6. The van der Waals surface area contributed by atoms with E-state index in [1.165, 1.54) is 5.41 Å². The lowest BCUT2D eigenvalue weighted by atomic mass is 10.1.